The number of carbonyl (C=O) groups is 1. The Labute approximate surface area is 102 Å². The van der Waals surface area contributed by atoms with Gasteiger partial charge in [-0.15, -0.1) is 16.5 Å². The molecule has 0 saturated heterocycles. The number of hydrogen-bond acceptors (Lipinski definition) is 3. The topological polar surface area (TPSA) is 61.8 Å². The zero-order valence-corrected chi connectivity index (χ0v) is 9.70. The molecule has 0 heterocycles. The van der Waals surface area contributed by atoms with E-state index in [-0.39, 0.29) is 12.4 Å². The van der Waals surface area contributed by atoms with Crippen molar-refractivity contribution in [3.8, 4) is 0 Å². The van der Waals surface area contributed by atoms with Gasteiger partial charge in [-0.3, -0.25) is 0 Å². The van der Waals surface area contributed by atoms with Crippen molar-refractivity contribution in [2.24, 2.45) is 5.29 Å². The van der Waals surface area contributed by atoms with Crippen molar-refractivity contribution in [3.63, 3.8) is 0 Å². The lowest BCUT2D eigenvalue weighted by Crippen LogP contribution is -2.31. The first kappa shape index (κ1) is 12.7. The molecule has 0 saturated carbocycles. The second kappa shape index (κ2) is 6.30. The van der Waals surface area contributed by atoms with E-state index in [1.165, 1.54) is 0 Å². The number of nitroso groups, excluding NO2 is 1. The fraction of sp³-hybridized carbons (Fsp3) is 0.222. The smallest absolute Gasteiger partial charge is 0.306 e. The summed E-state index contributed by atoms with van der Waals surface area (Å²) in [6.45, 7) is 0.0530. The average Bonchev–Trinajstić information content (AvgIpc) is 2.25. The van der Waals surface area contributed by atoms with Crippen LogP contribution in [0.5, 0.6) is 0 Å². The van der Waals surface area contributed by atoms with Gasteiger partial charge in [0, 0.05) is 16.6 Å². The van der Waals surface area contributed by atoms with Crippen molar-refractivity contribution >= 4 is 34.9 Å². The fourth-order valence-electron chi connectivity index (χ4n) is 1.01. The third-order valence-corrected chi connectivity index (χ3v) is 2.11. The molecule has 0 atom stereocenters. The Hall–Kier alpha value is -1.33. The highest BCUT2D eigenvalue weighted by Gasteiger charge is 2.13. The molecule has 1 rings (SSSR count). The number of nitrogens with one attached hydrogen (secondary N) is 1. The van der Waals surface area contributed by atoms with Crippen molar-refractivity contribution in [1.29, 1.82) is 0 Å². The Morgan fingerprint density at radius 2 is 2.25 bits per heavy atom. The van der Waals surface area contributed by atoms with E-state index in [2.05, 4.69) is 10.6 Å². The van der Waals surface area contributed by atoms with Crippen LogP contribution in [0.1, 0.15) is 0 Å². The molecule has 0 aliphatic carbocycles. The van der Waals surface area contributed by atoms with Crippen LogP contribution in [-0.2, 0) is 0 Å². The van der Waals surface area contributed by atoms with Gasteiger partial charge in [0.2, 0.25) is 0 Å². The highest BCUT2D eigenvalue weighted by molar-refractivity contribution is 6.30. The Morgan fingerprint density at radius 3 is 2.81 bits per heavy atom. The van der Waals surface area contributed by atoms with Crippen LogP contribution in [-0.4, -0.2) is 23.5 Å². The number of urea groups is 1. The zero-order valence-electron chi connectivity index (χ0n) is 8.19. The first-order valence-electron chi connectivity index (χ1n) is 4.40. The first-order chi connectivity index (χ1) is 7.67. The minimum absolute atomic E-state index is 0.0530. The number of halogens is 2. The number of rotatable bonds is 4. The van der Waals surface area contributed by atoms with Gasteiger partial charge < -0.3 is 5.32 Å². The van der Waals surface area contributed by atoms with E-state index < -0.39 is 6.03 Å². The van der Waals surface area contributed by atoms with Crippen LogP contribution in [0.25, 0.3) is 0 Å². The van der Waals surface area contributed by atoms with Crippen LogP contribution in [0, 0.1) is 4.91 Å². The lowest BCUT2D eigenvalue weighted by molar-refractivity contribution is 0.216. The normalized spacial score (nSPS) is 9.62. The summed E-state index contributed by atoms with van der Waals surface area (Å²) >= 11 is 11.1. The van der Waals surface area contributed by atoms with Crippen LogP contribution < -0.4 is 5.32 Å². The number of benzene rings is 1. The molecule has 0 spiro atoms. The Bertz CT molecular complexity index is 387. The van der Waals surface area contributed by atoms with Gasteiger partial charge in [-0.25, -0.2) is 4.79 Å². The molecular formula is C9H9Cl2N3O2. The molecule has 86 valence electrons. The minimum atomic E-state index is -0.641. The number of hydrogen-bond donors (Lipinski definition) is 1. The molecule has 1 N–H and O–H groups in total. The van der Waals surface area contributed by atoms with E-state index in [1.54, 1.807) is 24.3 Å². The number of amides is 2. The molecule has 0 bridgehead atoms. The lowest BCUT2D eigenvalue weighted by atomic mass is 10.3. The Balaban J connectivity index is 2.66. The van der Waals surface area contributed by atoms with Crippen molar-refractivity contribution < 1.29 is 4.79 Å². The summed E-state index contributed by atoms with van der Waals surface area (Å²) in [7, 11) is 0. The summed E-state index contributed by atoms with van der Waals surface area (Å²) in [4.78, 5) is 21.8. The maximum Gasteiger partial charge on any atom is 0.344 e. The van der Waals surface area contributed by atoms with Crippen LogP contribution >= 0.6 is 23.2 Å². The van der Waals surface area contributed by atoms with Crippen molar-refractivity contribution in [1.82, 2.24) is 5.01 Å². The van der Waals surface area contributed by atoms with E-state index in [0.29, 0.717) is 15.7 Å². The number of carbonyl (C=O) groups excluding carboxylic acids is 1. The molecule has 1 aromatic carbocycles. The highest BCUT2D eigenvalue weighted by atomic mass is 35.5. The van der Waals surface area contributed by atoms with E-state index in [9.17, 15) is 9.70 Å². The molecular weight excluding hydrogens is 253 g/mol. The van der Waals surface area contributed by atoms with Crippen LogP contribution in [0.4, 0.5) is 10.5 Å². The zero-order chi connectivity index (χ0) is 12.0. The lowest BCUT2D eigenvalue weighted by Gasteiger charge is -2.12. The molecule has 0 aliphatic heterocycles. The van der Waals surface area contributed by atoms with Gasteiger partial charge in [0.05, 0.1) is 11.8 Å². The molecule has 1 aromatic rings. The number of alkyl halides is 1. The molecule has 0 aliphatic rings. The van der Waals surface area contributed by atoms with E-state index in [1.807, 2.05) is 0 Å². The largest absolute Gasteiger partial charge is 0.344 e. The van der Waals surface area contributed by atoms with Gasteiger partial charge in [-0.05, 0) is 18.2 Å². The molecule has 7 heteroatoms. The molecule has 0 aromatic heterocycles. The van der Waals surface area contributed by atoms with Gasteiger partial charge >= 0.3 is 6.03 Å². The Morgan fingerprint density at radius 1 is 1.50 bits per heavy atom. The second-order valence-electron chi connectivity index (χ2n) is 2.83. The maximum absolute atomic E-state index is 11.5. The van der Waals surface area contributed by atoms with Crippen LogP contribution in [0.15, 0.2) is 29.6 Å². The summed E-state index contributed by atoms with van der Waals surface area (Å²) in [6, 6.07) is 5.92. The predicted molar refractivity (Wildman–Crippen MR) is 63.7 cm³/mol. The van der Waals surface area contributed by atoms with E-state index in [0.717, 1.165) is 0 Å². The summed E-state index contributed by atoms with van der Waals surface area (Å²) in [5.74, 6) is 0.134. The van der Waals surface area contributed by atoms with E-state index in [4.69, 9.17) is 23.2 Å². The third kappa shape index (κ3) is 3.67. The van der Waals surface area contributed by atoms with Crippen LogP contribution in [0.3, 0.4) is 0 Å². The summed E-state index contributed by atoms with van der Waals surface area (Å²) in [6.07, 6.45) is 0. The van der Waals surface area contributed by atoms with Crippen LogP contribution in [0.2, 0.25) is 5.02 Å². The summed E-state index contributed by atoms with van der Waals surface area (Å²) < 4.78 is 0. The minimum Gasteiger partial charge on any atom is -0.306 e. The molecule has 0 unspecified atom stereocenters. The summed E-state index contributed by atoms with van der Waals surface area (Å²) in [5.41, 5.74) is 0.487. The van der Waals surface area contributed by atoms with Crippen molar-refractivity contribution in [3.05, 3.63) is 34.2 Å². The second-order valence-corrected chi connectivity index (χ2v) is 3.65. The Kier molecular flexibility index (Phi) is 5.01. The van der Waals surface area contributed by atoms with E-state index >= 15 is 0 Å². The highest BCUT2D eigenvalue weighted by Crippen LogP contribution is 2.15. The molecule has 0 fully saturated rings. The van der Waals surface area contributed by atoms with Gasteiger partial charge in [-0.1, -0.05) is 17.7 Å². The molecule has 2 amide bonds. The van der Waals surface area contributed by atoms with Crippen molar-refractivity contribution in [2.45, 2.75) is 0 Å². The standard InChI is InChI=1S/C9H9Cl2N3O2/c10-4-5-14(13-16)9(15)12-8-3-1-2-7(11)6-8/h1-3,6H,4-5H2,(H,12,15). The molecule has 5 nitrogen and oxygen atoms in total. The average molecular weight is 262 g/mol. The quantitative estimate of drug-likeness (QED) is 0.514. The number of nitrogens with zero attached hydrogens (tertiary/aromatic N) is 2. The predicted octanol–water partition coefficient (Wildman–Crippen LogP) is 3.09. The van der Waals surface area contributed by atoms with Gasteiger partial charge in [0.1, 0.15) is 0 Å². The summed E-state index contributed by atoms with van der Waals surface area (Å²) in [5, 5.41) is 6.21. The van der Waals surface area contributed by atoms with Gasteiger partial charge in [-0.2, -0.15) is 5.01 Å². The monoisotopic (exact) mass is 261 g/mol. The number of anilines is 1. The molecule has 16 heavy (non-hydrogen) atoms. The first-order valence-corrected chi connectivity index (χ1v) is 5.32. The fourth-order valence-corrected chi connectivity index (χ4v) is 1.36. The SMILES string of the molecule is O=NN(CCCl)C(=O)Nc1cccc(Cl)c1. The maximum atomic E-state index is 11.5. The molecule has 0 radical (unpaired) electrons. The third-order valence-electron chi connectivity index (χ3n) is 1.71. The van der Waals surface area contributed by atoms with Gasteiger partial charge in [0.15, 0.2) is 0 Å². The van der Waals surface area contributed by atoms with Gasteiger partial charge in [0.25, 0.3) is 0 Å². The van der Waals surface area contributed by atoms with Crippen molar-refractivity contribution in [2.75, 3.05) is 17.7 Å².